The van der Waals surface area contributed by atoms with Crippen molar-refractivity contribution in [1.29, 1.82) is 0 Å². The SMILES string of the molecule is OCC1(O)C2CN3CCC(O2)C31. The third kappa shape index (κ3) is 0.599. The number of hydrogen-bond acceptors (Lipinski definition) is 4. The van der Waals surface area contributed by atoms with Crippen molar-refractivity contribution in [3.05, 3.63) is 0 Å². The highest BCUT2D eigenvalue weighted by Gasteiger charge is 2.65. The molecule has 3 aliphatic heterocycles. The average molecular weight is 171 g/mol. The van der Waals surface area contributed by atoms with Gasteiger partial charge in [0, 0.05) is 13.1 Å². The van der Waals surface area contributed by atoms with Crippen LogP contribution < -0.4 is 0 Å². The van der Waals surface area contributed by atoms with Crippen LogP contribution in [0, 0.1) is 0 Å². The molecule has 12 heavy (non-hydrogen) atoms. The maximum absolute atomic E-state index is 10.1. The number of aliphatic hydroxyl groups excluding tert-OH is 1. The molecule has 3 saturated heterocycles. The van der Waals surface area contributed by atoms with Crippen molar-refractivity contribution >= 4 is 0 Å². The van der Waals surface area contributed by atoms with Gasteiger partial charge in [0.05, 0.1) is 18.8 Å². The molecule has 2 N–H and O–H groups in total. The maximum Gasteiger partial charge on any atom is 0.133 e. The minimum atomic E-state index is -0.971. The quantitative estimate of drug-likeness (QED) is 0.507. The summed E-state index contributed by atoms with van der Waals surface area (Å²) < 4.78 is 5.61. The zero-order chi connectivity index (χ0) is 8.34. The van der Waals surface area contributed by atoms with E-state index in [0.717, 1.165) is 19.5 Å². The molecule has 0 radical (unpaired) electrons. The van der Waals surface area contributed by atoms with Gasteiger partial charge in [-0.25, -0.2) is 0 Å². The van der Waals surface area contributed by atoms with Gasteiger partial charge in [0.2, 0.25) is 0 Å². The minimum absolute atomic E-state index is 0.0625. The molecule has 0 saturated carbocycles. The molecule has 4 nitrogen and oxygen atoms in total. The van der Waals surface area contributed by atoms with E-state index in [1.165, 1.54) is 0 Å². The zero-order valence-electron chi connectivity index (χ0n) is 6.81. The van der Waals surface area contributed by atoms with Crippen molar-refractivity contribution in [1.82, 2.24) is 4.90 Å². The van der Waals surface area contributed by atoms with E-state index in [2.05, 4.69) is 4.90 Å². The number of rotatable bonds is 1. The van der Waals surface area contributed by atoms with Crippen molar-refractivity contribution in [2.75, 3.05) is 19.7 Å². The summed E-state index contributed by atoms with van der Waals surface area (Å²) >= 11 is 0. The Bertz CT molecular complexity index is 208. The second-order valence-electron chi connectivity index (χ2n) is 4.04. The summed E-state index contributed by atoms with van der Waals surface area (Å²) in [7, 11) is 0. The van der Waals surface area contributed by atoms with Crippen LogP contribution in [0.3, 0.4) is 0 Å². The molecule has 0 spiro atoms. The summed E-state index contributed by atoms with van der Waals surface area (Å²) in [5.41, 5.74) is -0.971. The Morgan fingerprint density at radius 1 is 1.58 bits per heavy atom. The van der Waals surface area contributed by atoms with Crippen molar-refractivity contribution in [2.45, 2.75) is 30.3 Å². The predicted molar refractivity (Wildman–Crippen MR) is 40.7 cm³/mol. The van der Waals surface area contributed by atoms with Gasteiger partial charge >= 0.3 is 0 Å². The molecular weight excluding hydrogens is 158 g/mol. The van der Waals surface area contributed by atoms with Crippen LogP contribution in [0.15, 0.2) is 0 Å². The van der Waals surface area contributed by atoms with Gasteiger partial charge < -0.3 is 14.9 Å². The van der Waals surface area contributed by atoms with E-state index in [4.69, 9.17) is 9.84 Å². The molecule has 3 rings (SSSR count). The van der Waals surface area contributed by atoms with Gasteiger partial charge in [0.25, 0.3) is 0 Å². The molecular formula is C8H13NO3. The maximum atomic E-state index is 10.1. The molecule has 3 heterocycles. The summed E-state index contributed by atoms with van der Waals surface area (Å²) in [5.74, 6) is 0. The molecule has 2 bridgehead atoms. The molecule has 4 heteroatoms. The molecule has 0 aromatic carbocycles. The Hall–Kier alpha value is -0.160. The van der Waals surface area contributed by atoms with Crippen LogP contribution in [0.4, 0.5) is 0 Å². The topological polar surface area (TPSA) is 52.9 Å². The fourth-order valence-corrected chi connectivity index (χ4v) is 2.94. The third-order valence-corrected chi connectivity index (χ3v) is 3.51. The number of nitrogens with zero attached hydrogens (tertiary/aromatic N) is 1. The van der Waals surface area contributed by atoms with E-state index in [-0.39, 0.29) is 24.9 Å². The highest BCUT2D eigenvalue weighted by atomic mass is 16.5. The van der Waals surface area contributed by atoms with Crippen LogP contribution in [0.2, 0.25) is 0 Å². The monoisotopic (exact) mass is 171 g/mol. The van der Waals surface area contributed by atoms with Gasteiger partial charge in [-0.05, 0) is 6.42 Å². The summed E-state index contributed by atoms with van der Waals surface area (Å²) in [4.78, 5) is 2.23. The van der Waals surface area contributed by atoms with Crippen molar-refractivity contribution < 1.29 is 14.9 Å². The first-order chi connectivity index (χ1) is 5.75. The summed E-state index contributed by atoms with van der Waals surface area (Å²) in [6.45, 7) is 1.63. The Morgan fingerprint density at radius 3 is 3.00 bits per heavy atom. The second kappa shape index (κ2) is 2.01. The second-order valence-corrected chi connectivity index (χ2v) is 4.04. The lowest BCUT2D eigenvalue weighted by molar-refractivity contribution is -0.0590. The first-order valence-corrected chi connectivity index (χ1v) is 4.48. The van der Waals surface area contributed by atoms with Crippen LogP contribution in [0.1, 0.15) is 6.42 Å². The van der Waals surface area contributed by atoms with E-state index in [1.807, 2.05) is 0 Å². The number of hydrogen-bond donors (Lipinski definition) is 2. The number of morpholine rings is 1. The number of fused-ring (bicyclic) bond motifs is 1. The van der Waals surface area contributed by atoms with Crippen molar-refractivity contribution in [3.8, 4) is 0 Å². The lowest BCUT2D eigenvalue weighted by Crippen LogP contribution is -2.47. The zero-order valence-corrected chi connectivity index (χ0v) is 6.81. The Morgan fingerprint density at radius 2 is 2.42 bits per heavy atom. The molecule has 0 amide bonds. The first kappa shape index (κ1) is 7.26. The Labute approximate surface area is 70.7 Å². The Kier molecular flexibility index (Phi) is 1.22. The van der Waals surface area contributed by atoms with E-state index in [1.54, 1.807) is 0 Å². The number of aliphatic hydroxyl groups is 2. The molecule has 0 aliphatic carbocycles. The van der Waals surface area contributed by atoms with Crippen LogP contribution in [-0.2, 0) is 4.74 Å². The van der Waals surface area contributed by atoms with Gasteiger partial charge in [0.1, 0.15) is 11.7 Å². The summed E-state index contributed by atoms with van der Waals surface area (Å²) in [6.07, 6.45) is 1.02. The standard InChI is InChI=1S/C8H13NO3/c10-4-8(11)6-3-9-2-1-5(12-6)7(8)9/h5-7,10-11H,1-4H2. The molecule has 4 unspecified atom stereocenters. The van der Waals surface area contributed by atoms with Crippen molar-refractivity contribution in [3.63, 3.8) is 0 Å². The largest absolute Gasteiger partial charge is 0.393 e. The highest BCUT2D eigenvalue weighted by molar-refractivity contribution is 5.17. The summed E-state index contributed by atoms with van der Waals surface area (Å²) in [6, 6.07) is 0.0625. The highest BCUT2D eigenvalue weighted by Crippen LogP contribution is 2.45. The lowest BCUT2D eigenvalue weighted by atomic mass is 9.94. The van der Waals surface area contributed by atoms with Gasteiger partial charge in [-0.1, -0.05) is 0 Å². The van der Waals surface area contributed by atoms with E-state index in [0.29, 0.717) is 0 Å². The molecule has 4 atom stereocenters. The normalized spacial score (nSPS) is 57.0. The van der Waals surface area contributed by atoms with Crippen LogP contribution in [0.25, 0.3) is 0 Å². The van der Waals surface area contributed by atoms with E-state index >= 15 is 0 Å². The molecule has 0 aromatic rings. The van der Waals surface area contributed by atoms with Crippen molar-refractivity contribution in [2.24, 2.45) is 0 Å². The predicted octanol–water partition coefficient (Wildman–Crippen LogP) is -1.43. The van der Waals surface area contributed by atoms with E-state index < -0.39 is 5.60 Å². The lowest BCUT2D eigenvalue weighted by Gasteiger charge is -2.24. The minimum Gasteiger partial charge on any atom is -0.393 e. The third-order valence-electron chi connectivity index (χ3n) is 3.51. The van der Waals surface area contributed by atoms with Gasteiger partial charge in [-0.15, -0.1) is 0 Å². The molecule has 0 aromatic heterocycles. The van der Waals surface area contributed by atoms with E-state index in [9.17, 15) is 5.11 Å². The van der Waals surface area contributed by atoms with Crippen LogP contribution >= 0.6 is 0 Å². The summed E-state index contributed by atoms with van der Waals surface area (Å²) in [5, 5.41) is 19.2. The first-order valence-electron chi connectivity index (χ1n) is 4.48. The van der Waals surface area contributed by atoms with Gasteiger partial charge in [0.15, 0.2) is 0 Å². The molecule has 3 fully saturated rings. The average Bonchev–Trinajstić information content (AvgIpc) is 2.59. The van der Waals surface area contributed by atoms with Crippen LogP contribution in [-0.4, -0.2) is 58.7 Å². The molecule has 68 valence electrons. The van der Waals surface area contributed by atoms with Gasteiger partial charge in [-0.2, -0.15) is 0 Å². The fourth-order valence-electron chi connectivity index (χ4n) is 2.94. The Balaban J connectivity index is 2.01. The van der Waals surface area contributed by atoms with Gasteiger partial charge in [-0.3, -0.25) is 4.90 Å². The smallest absolute Gasteiger partial charge is 0.133 e. The number of ether oxygens (including phenoxy) is 1. The molecule has 3 aliphatic rings. The van der Waals surface area contributed by atoms with Crippen LogP contribution in [0.5, 0.6) is 0 Å². The fraction of sp³-hybridized carbons (Fsp3) is 1.00.